The summed E-state index contributed by atoms with van der Waals surface area (Å²) in [5.41, 5.74) is 0.515. The van der Waals surface area contributed by atoms with Gasteiger partial charge < -0.3 is 4.84 Å². The van der Waals surface area contributed by atoms with Crippen molar-refractivity contribution in [3.05, 3.63) is 40.1 Å². The normalized spacial score (nSPS) is 13.3. The molecule has 15 heteroatoms. The van der Waals surface area contributed by atoms with Gasteiger partial charge in [0.1, 0.15) is 18.1 Å². The van der Waals surface area contributed by atoms with Crippen molar-refractivity contribution >= 4 is 49.1 Å². The second-order valence-corrected chi connectivity index (χ2v) is 10.8. The van der Waals surface area contributed by atoms with Crippen LogP contribution >= 0.6 is 23.2 Å². The van der Waals surface area contributed by atoms with Gasteiger partial charge in [-0.05, 0) is 19.9 Å². The van der Waals surface area contributed by atoms with E-state index in [-0.39, 0.29) is 28.4 Å². The first kappa shape index (κ1) is 24.5. The standard InChI is InChI=1S/C15H20Cl2N6O5S2/c1-10(2)28-21-13(11-6-5-7-12(16)14(11)17)8-19-29(24,25)15-18-9-23(20-15)30(26,27)22(3)4/h5-7,9-10,19H,8H2,1-4H3/b21-13+. The van der Waals surface area contributed by atoms with E-state index in [2.05, 4.69) is 20.0 Å². The summed E-state index contributed by atoms with van der Waals surface area (Å²) in [6.07, 6.45) is 0.511. The van der Waals surface area contributed by atoms with E-state index in [4.69, 9.17) is 28.0 Å². The molecule has 0 aliphatic rings. The molecule has 0 aliphatic carbocycles. The van der Waals surface area contributed by atoms with Gasteiger partial charge in [-0.1, -0.05) is 40.5 Å². The lowest BCUT2D eigenvalue weighted by Gasteiger charge is -2.12. The third-order valence-corrected chi connectivity index (χ3v) is 7.04. The van der Waals surface area contributed by atoms with Crippen molar-refractivity contribution in [1.82, 2.24) is 23.2 Å². The molecule has 0 spiro atoms. The molecule has 30 heavy (non-hydrogen) atoms. The maximum Gasteiger partial charge on any atom is 0.323 e. The minimum atomic E-state index is -4.28. The summed E-state index contributed by atoms with van der Waals surface area (Å²) in [5.74, 6) is 0. The molecule has 11 nitrogen and oxygen atoms in total. The lowest BCUT2D eigenvalue weighted by molar-refractivity contribution is 0.0858. The number of hydrogen-bond acceptors (Lipinski definition) is 8. The van der Waals surface area contributed by atoms with Crippen LogP contribution in [0, 0.1) is 0 Å². The summed E-state index contributed by atoms with van der Waals surface area (Å²) in [7, 11) is -5.74. The van der Waals surface area contributed by atoms with E-state index < -0.39 is 25.4 Å². The maximum atomic E-state index is 12.6. The average Bonchev–Trinajstić information content (AvgIpc) is 3.16. The average molecular weight is 499 g/mol. The minimum Gasteiger partial charge on any atom is -0.393 e. The van der Waals surface area contributed by atoms with E-state index in [0.29, 0.717) is 9.65 Å². The van der Waals surface area contributed by atoms with Crippen LogP contribution in [0.3, 0.4) is 0 Å². The molecule has 1 aromatic heterocycles. The van der Waals surface area contributed by atoms with Crippen LogP contribution < -0.4 is 4.72 Å². The Morgan fingerprint density at radius 1 is 1.27 bits per heavy atom. The van der Waals surface area contributed by atoms with Crippen molar-refractivity contribution in [2.75, 3.05) is 20.6 Å². The highest BCUT2D eigenvalue weighted by Crippen LogP contribution is 2.26. The van der Waals surface area contributed by atoms with Crippen LogP contribution in [-0.2, 0) is 25.1 Å². The van der Waals surface area contributed by atoms with Gasteiger partial charge in [-0.15, -0.1) is 9.19 Å². The van der Waals surface area contributed by atoms with Gasteiger partial charge in [0.2, 0.25) is 0 Å². The van der Waals surface area contributed by atoms with Gasteiger partial charge in [0, 0.05) is 19.7 Å². The van der Waals surface area contributed by atoms with Crippen molar-refractivity contribution in [1.29, 1.82) is 0 Å². The van der Waals surface area contributed by atoms with Crippen molar-refractivity contribution in [3.8, 4) is 0 Å². The first-order chi connectivity index (χ1) is 13.9. The number of halogens is 2. The summed E-state index contributed by atoms with van der Waals surface area (Å²) in [6.45, 7) is 3.14. The van der Waals surface area contributed by atoms with Crippen LogP contribution in [0.15, 0.2) is 34.8 Å². The highest BCUT2D eigenvalue weighted by molar-refractivity contribution is 7.89. The Morgan fingerprint density at radius 3 is 2.53 bits per heavy atom. The molecule has 0 saturated heterocycles. The zero-order valence-electron chi connectivity index (χ0n) is 16.4. The number of nitrogens with one attached hydrogen (secondary N) is 1. The third-order valence-electron chi connectivity index (χ3n) is 3.46. The molecule has 2 aromatic rings. The topological polar surface area (TPSA) is 136 Å². The Balaban J connectivity index is 2.31. The van der Waals surface area contributed by atoms with E-state index in [1.807, 2.05) is 0 Å². The second kappa shape index (κ2) is 9.58. The molecular weight excluding hydrogens is 479 g/mol. The Labute approximate surface area is 184 Å². The Kier molecular flexibility index (Phi) is 7.82. The van der Waals surface area contributed by atoms with Gasteiger partial charge in [0.15, 0.2) is 0 Å². The summed E-state index contributed by atoms with van der Waals surface area (Å²) in [5, 5.41) is 7.19. The van der Waals surface area contributed by atoms with Gasteiger partial charge in [-0.3, -0.25) is 0 Å². The number of hydrogen-bond donors (Lipinski definition) is 1. The van der Waals surface area contributed by atoms with Crippen LogP contribution in [-0.4, -0.2) is 67.8 Å². The molecule has 0 amide bonds. The van der Waals surface area contributed by atoms with E-state index >= 15 is 0 Å². The highest BCUT2D eigenvalue weighted by Gasteiger charge is 2.25. The quantitative estimate of drug-likeness (QED) is 0.406. The molecule has 2 rings (SSSR count). The number of aromatic nitrogens is 3. The second-order valence-electron chi connectivity index (χ2n) is 6.31. The van der Waals surface area contributed by atoms with Gasteiger partial charge in [-0.2, -0.15) is 12.7 Å². The van der Waals surface area contributed by atoms with Gasteiger partial charge in [0.25, 0.3) is 15.2 Å². The Morgan fingerprint density at radius 2 is 1.93 bits per heavy atom. The highest BCUT2D eigenvalue weighted by atomic mass is 35.5. The lowest BCUT2D eigenvalue weighted by atomic mass is 10.1. The predicted molar refractivity (Wildman–Crippen MR) is 112 cm³/mol. The summed E-state index contributed by atoms with van der Waals surface area (Å²) < 4.78 is 52.8. The summed E-state index contributed by atoms with van der Waals surface area (Å²) >= 11 is 12.2. The summed E-state index contributed by atoms with van der Waals surface area (Å²) in [6, 6.07) is 4.79. The van der Waals surface area contributed by atoms with Gasteiger partial charge in [-0.25, -0.2) is 18.1 Å². The maximum absolute atomic E-state index is 12.6. The molecule has 1 aromatic carbocycles. The molecule has 0 atom stereocenters. The van der Waals surface area contributed by atoms with E-state index in [1.54, 1.807) is 32.0 Å². The predicted octanol–water partition coefficient (Wildman–Crippen LogP) is 1.35. The molecule has 166 valence electrons. The number of sulfonamides is 1. The molecule has 0 fully saturated rings. The van der Waals surface area contributed by atoms with E-state index in [1.165, 1.54) is 14.1 Å². The Hall–Kier alpha value is -1.77. The smallest absolute Gasteiger partial charge is 0.323 e. The zero-order chi connectivity index (χ0) is 22.7. The van der Waals surface area contributed by atoms with Crippen molar-refractivity contribution in [2.45, 2.75) is 25.1 Å². The molecule has 0 unspecified atom stereocenters. The zero-order valence-corrected chi connectivity index (χ0v) is 19.6. The van der Waals surface area contributed by atoms with Crippen LogP contribution in [0.5, 0.6) is 0 Å². The monoisotopic (exact) mass is 498 g/mol. The third kappa shape index (κ3) is 5.68. The van der Waals surface area contributed by atoms with E-state index in [9.17, 15) is 16.8 Å². The molecule has 0 radical (unpaired) electrons. The molecule has 1 N–H and O–H groups in total. The van der Waals surface area contributed by atoms with Crippen molar-refractivity contribution in [2.24, 2.45) is 5.16 Å². The number of rotatable bonds is 9. The summed E-state index contributed by atoms with van der Waals surface area (Å²) in [4.78, 5) is 8.80. The number of nitrogens with zero attached hydrogens (tertiary/aromatic N) is 5. The van der Waals surface area contributed by atoms with E-state index in [0.717, 1.165) is 10.6 Å². The van der Waals surface area contributed by atoms with Crippen LogP contribution in [0.4, 0.5) is 0 Å². The molecular formula is C15H20Cl2N6O5S2. The van der Waals surface area contributed by atoms with Crippen LogP contribution in [0.2, 0.25) is 10.0 Å². The van der Waals surface area contributed by atoms with Crippen molar-refractivity contribution in [3.63, 3.8) is 0 Å². The van der Waals surface area contributed by atoms with Gasteiger partial charge in [0.05, 0.1) is 16.6 Å². The molecule has 0 bridgehead atoms. The minimum absolute atomic E-state index is 0.153. The van der Waals surface area contributed by atoms with Crippen LogP contribution in [0.1, 0.15) is 19.4 Å². The van der Waals surface area contributed by atoms with Crippen LogP contribution in [0.25, 0.3) is 0 Å². The number of oxime groups is 1. The molecule has 0 aliphatic heterocycles. The van der Waals surface area contributed by atoms with Gasteiger partial charge >= 0.3 is 10.2 Å². The van der Waals surface area contributed by atoms with Crippen molar-refractivity contribution < 1.29 is 21.7 Å². The fraction of sp³-hybridized carbons (Fsp3) is 0.400. The fourth-order valence-electron chi connectivity index (χ4n) is 1.94. The SMILES string of the molecule is CC(C)O/N=C(\CNS(=O)(=O)c1ncn(S(=O)(=O)N(C)C)n1)c1cccc(Cl)c1Cl. The fourth-order valence-corrected chi connectivity index (χ4v) is 3.92. The lowest BCUT2D eigenvalue weighted by Crippen LogP contribution is -2.32. The largest absolute Gasteiger partial charge is 0.393 e. The number of benzene rings is 1. The molecule has 0 saturated carbocycles. The molecule has 1 heterocycles. The Bertz CT molecular complexity index is 1150. The first-order valence-electron chi connectivity index (χ1n) is 8.37. The first-order valence-corrected chi connectivity index (χ1v) is 12.0.